The van der Waals surface area contributed by atoms with E-state index < -0.39 is 0 Å². The monoisotopic (exact) mass is 326 g/mol. The Morgan fingerprint density at radius 2 is 2.00 bits per heavy atom. The largest absolute Gasteiger partial charge is 0.392 e. The number of likely N-dealkylation sites (N-methyl/N-ethyl adjacent to an activating group) is 1. The van der Waals surface area contributed by atoms with Gasteiger partial charge in [0.05, 0.1) is 12.1 Å². The molecule has 128 valence electrons. The minimum atomic E-state index is -0.319. The summed E-state index contributed by atoms with van der Waals surface area (Å²) in [4.78, 5) is 4.83. The van der Waals surface area contributed by atoms with Gasteiger partial charge in [0.2, 0.25) is 0 Å². The molecule has 10 atom stereocenters. The van der Waals surface area contributed by atoms with E-state index in [-0.39, 0.29) is 17.7 Å². The van der Waals surface area contributed by atoms with Crippen LogP contribution in [0.3, 0.4) is 0 Å². The molecule has 5 aliphatic heterocycles. The fraction of sp³-hybridized carbons (Fsp3) is 0.700. The number of para-hydroxylation sites is 1. The Hall–Kier alpha value is -1.10. The molecule has 1 unspecified atom stereocenters. The number of nitrogens with zero attached hydrogens (tertiary/aromatic N) is 2. The summed E-state index contributed by atoms with van der Waals surface area (Å²) in [5.41, 5.74) is 2.51. The first kappa shape index (κ1) is 14.1. The Labute approximate surface area is 143 Å². The van der Waals surface area contributed by atoms with Crippen LogP contribution in [0.4, 0.5) is 5.69 Å². The molecule has 0 radical (unpaired) electrons. The lowest BCUT2D eigenvalue weighted by molar-refractivity contribution is -0.211. The Kier molecular flexibility index (Phi) is 2.45. The van der Waals surface area contributed by atoms with Gasteiger partial charge in [0.25, 0.3) is 0 Å². The molecule has 5 bridgehead atoms. The minimum absolute atomic E-state index is 0.126. The number of benzene rings is 1. The van der Waals surface area contributed by atoms with Crippen molar-refractivity contribution in [1.29, 1.82) is 0 Å². The van der Waals surface area contributed by atoms with E-state index in [1.807, 2.05) is 0 Å². The number of fused-ring (bicyclic) bond motifs is 2. The van der Waals surface area contributed by atoms with E-state index >= 15 is 0 Å². The van der Waals surface area contributed by atoms with Crippen LogP contribution in [-0.2, 0) is 5.41 Å². The molecule has 0 amide bonds. The number of piperidine rings is 4. The van der Waals surface area contributed by atoms with Crippen LogP contribution in [0, 0.1) is 17.8 Å². The summed E-state index contributed by atoms with van der Waals surface area (Å²) in [5, 5.41) is 22.6. The second-order valence-electron chi connectivity index (χ2n) is 8.81. The zero-order chi connectivity index (χ0) is 16.4. The van der Waals surface area contributed by atoms with Crippen LogP contribution in [0.1, 0.15) is 31.7 Å². The Balaban J connectivity index is 1.60. The highest BCUT2D eigenvalue weighted by Crippen LogP contribution is 2.68. The summed E-state index contributed by atoms with van der Waals surface area (Å²) in [7, 11) is 2.19. The Morgan fingerprint density at radius 1 is 1.21 bits per heavy atom. The quantitative estimate of drug-likeness (QED) is 0.822. The molecule has 2 N–H and O–H groups in total. The molecule has 4 saturated heterocycles. The van der Waals surface area contributed by atoms with E-state index in [1.165, 1.54) is 11.3 Å². The predicted octanol–water partition coefficient (Wildman–Crippen LogP) is 1.55. The third-order valence-corrected chi connectivity index (χ3v) is 8.46. The third kappa shape index (κ3) is 1.20. The summed E-state index contributed by atoms with van der Waals surface area (Å²) in [6.45, 7) is 2.19. The van der Waals surface area contributed by atoms with Crippen LogP contribution in [0.25, 0.3) is 0 Å². The zero-order valence-corrected chi connectivity index (χ0v) is 14.3. The molecule has 7 rings (SSSR count). The van der Waals surface area contributed by atoms with Gasteiger partial charge in [-0.2, -0.15) is 0 Å². The first-order valence-corrected chi connectivity index (χ1v) is 9.57. The van der Waals surface area contributed by atoms with Gasteiger partial charge in [0.1, 0.15) is 6.23 Å². The maximum absolute atomic E-state index is 11.6. The molecular formula is C20H26N2O2. The molecule has 1 aromatic rings. The maximum atomic E-state index is 11.6. The van der Waals surface area contributed by atoms with Crippen LogP contribution in [-0.4, -0.2) is 52.6 Å². The molecule has 1 aliphatic carbocycles. The lowest BCUT2D eigenvalue weighted by atomic mass is 9.62. The molecule has 5 fully saturated rings. The highest BCUT2D eigenvalue weighted by molar-refractivity contribution is 5.67. The van der Waals surface area contributed by atoms with Crippen molar-refractivity contribution in [2.75, 3.05) is 11.9 Å². The molecular weight excluding hydrogens is 300 g/mol. The van der Waals surface area contributed by atoms with Crippen molar-refractivity contribution in [3.05, 3.63) is 29.8 Å². The van der Waals surface area contributed by atoms with E-state index in [2.05, 4.69) is 48.0 Å². The standard InChI is InChI=1S/C20H26N2O2/c1-3-10-11-8-14-17-20(12-6-4-5-7-13(12)21(17)2)9-15(16(11)18(20)23)22(14)19(10)24/h4-7,10-11,14-19,23-24H,3,8-9H2,1-2H3/t10-,11-,14+,15-,16+,17-,18+,19+,20+/m0/s1. The molecule has 6 aliphatic rings. The summed E-state index contributed by atoms with van der Waals surface area (Å²) in [6.07, 6.45) is 2.56. The summed E-state index contributed by atoms with van der Waals surface area (Å²) in [6, 6.07) is 9.70. The average Bonchev–Trinajstić information content (AvgIpc) is 2.97. The maximum Gasteiger partial charge on any atom is 0.111 e. The van der Waals surface area contributed by atoms with Gasteiger partial charge in [-0.3, -0.25) is 4.90 Å². The molecule has 24 heavy (non-hydrogen) atoms. The van der Waals surface area contributed by atoms with Gasteiger partial charge >= 0.3 is 0 Å². The van der Waals surface area contributed by atoms with Gasteiger partial charge in [-0.15, -0.1) is 0 Å². The van der Waals surface area contributed by atoms with Crippen molar-refractivity contribution in [2.45, 2.75) is 62.1 Å². The SMILES string of the molecule is CC[C@H]1[C@@H]2C[C@@H]3[C@@H]4N(C)c5ccccc5[C@]45C[C@@H]([C@@H]2[C@H]5O)N3[C@@H]1O. The highest BCUT2D eigenvalue weighted by atomic mass is 16.3. The molecule has 4 nitrogen and oxygen atoms in total. The van der Waals surface area contributed by atoms with Crippen LogP contribution in [0.5, 0.6) is 0 Å². The van der Waals surface area contributed by atoms with Crippen molar-refractivity contribution < 1.29 is 10.2 Å². The summed E-state index contributed by atoms with van der Waals surface area (Å²) in [5.74, 6) is 1.14. The van der Waals surface area contributed by atoms with E-state index in [0.717, 1.165) is 19.3 Å². The smallest absolute Gasteiger partial charge is 0.111 e. The minimum Gasteiger partial charge on any atom is -0.392 e. The lowest BCUT2D eigenvalue weighted by Crippen LogP contribution is -2.72. The third-order valence-electron chi connectivity index (χ3n) is 8.46. The van der Waals surface area contributed by atoms with Gasteiger partial charge in [-0.05, 0) is 36.8 Å². The zero-order valence-electron chi connectivity index (χ0n) is 14.3. The first-order chi connectivity index (χ1) is 11.6. The molecule has 1 saturated carbocycles. The Bertz CT molecular complexity index is 723. The van der Waals surface area contributed by atoms with E-state index in [0.29, 0.717) is 35.9 Å². The fourth-order valence-electron chi connectivity index (χ4n) is 7.88. The molecule has 4 heteroatoms. The summed E-state index contributed by atoms with van der Waals surface area (Å²) < 4.78 is 0. The van der Waals surface area contributed by atoms with Crippen LogP contribution in [0.15, 0.2) is 24.3 Å². The van der Waals surface area contributed by atoms with Gasteiger partial charge in [0, 0.05) is 42.1 Å². The molecule has 0 aromatic heterocycles. The van der Waals surface area contributed by atoms with Gasteiger partial charge < -0.3 is 15.1 Å². The number of hydrogen-bond donors (Lipinski definition) is 2. The molecule has 5 heterocycles. The normalized spacial score (nSPS) is 55.8. The molecule has 1 spiro atoms. The van der Waals surface area contributed by atoms with Crippen LogP contribution < -0.4 is 4.90 Å². The van der Waals surface area contributed by atoms with E-state index in [4.69, 9.17) is 0 Å². The second-order valence-corrected chi connectivity index (χ2v) is 8.81. The van der Waals surface area contributed by atoms with Crippen molar-refractivity contribution in [3.8, 4) is 0 Å². The molecule has 1 aromatic carbocycles. The number of hydrogen-bond acceptors (Lipinski definition) is 4. The lowest BCUT2D eigenvalue weighted by Gasteiger charge is -2.62. The number of aliphatic hydroxyl groups is 2. The van der Waals surface area contributed by atoms with Gasteiger partial charge in [0.15, 0.2) is 0 Å². The topological polar surface area (TPSA) is 46.9 Å². The average molecular weight is 326 g/mol. The predicted molar refractivity (Wildman–Crippen MR) is 91.7 cm³/mol. The highest BCUT2D eigenvalue weighted by Gasteiger charge is 2.76. The number of anilines is 1. The van der Waals surface area contributed by atoms with Gasteiger partial charge in [-0.25, -0.2) is 0 Å². The second kappa shape index (κ2) is 4.17. The van der Waals surface area contributed by atoms with Crippen molar-refractivity contribution in [2.24, 2.45) is 17.8 Å². The van der Waals surface area contributed by atoms with Gasteiger partial charge in [-0.1, -0.05) is 25.1 Å². The summed E-state index contributed by atoms with van der Waals surface area (Å²) >= 11 is 0. The Morgan fingerprint density at radius 3 is 2.79 bits per heavy atom. The number of rotatable bonds is 1. The van der Waals surface area contributed by atoms with Crippen LogP contribution in [0.2, 0.25) is 0 Å². The van der Waals surface area contributed by atoms with E-state index in [9.17, 15) is 10.2 Å². The van der Waals surface area contributed by atoms with Crippen molar-refractivity contribution >= 4 is 5.69 Å². The van der Waals surface area contributed by atoms with Crippen molar-refractivity contribution in [3.63, 3.8) is 0 Å². The first-order valence-electron chi connectivity index (χ1n) is 9.57. The van der Waals surface area contributed by atoms with Crippen LogP contribution >= 0.6 is 0 Å². The van der Waals surface area contributed by atoms with Crippen molar-refractivity contribution in [1.82, 2.24) is 4.90 Å². The number of aliphatic hydroxyl groups excluding tert-OH is 2. The fourth-order valence-corrected chi connectivity index (χ4v) is 7.88. The van der Waals surface area contributed by atoms with E-state index in [1.54, 1.807) is 0 Å².